The zero-order valence-corrected chi connectivity index (χ0v) is 7.90. The van der Waals surface area contributed by atoms with Crippen LogP contribution in [0.1, 0.15) is 25.6 Å². The summed E-state index contributed by atoms with van der Waals surface area (Å²) in [4.78, 5) is 0. The average Bonchev–Trinajstić information content (AvgIpc) is 2.82. The molecular weight excluding hydrogens is 166 g/mol. The van der Waals surface area contributed by atoms with Crippen LogP contribution in [0.5, 0.6) is 0 Å². The molecule has 0 amide bonds. The van der Waals surface area contributed by atoms with E-state index in [0.29, 0.717) is 0 Å². The zero-order valence-electron chi connectivity index (χ0n) is 7.90. The Morgan fingerprint density at radius 2 is 2.38 bits per heavy atom. The molecule has 0 bridgehead atoms. The first kappa shape index (κ1) is 8.62. The van der Waals surface area contributed by atoms with Crippen LogP contribution in [-0.4, -0.2) is 26.8 Å². The number of hydrogen-bond acceptors (Lipinski definition) is 4. The maximum Gasteiger partial charge on any atom is 0.165 e. The summed E-state index contributed by atoms with van der Waals surface area (Å²) in [5.41, 5.74) is 0. The third-order valence-electron chi connectivity index (χ3n) is 2.27. The number of nitrogens with zero attached hydrogens (tertiary/aromatic N) is 4. The molecule has 13 heavy (non-hydrogen) atoms. The maximum atomic E-state index is 3.97. The van der Waals surface area contributed by atoms with Gasteiger partial charge in [-0.15, -0.1) is 5.10 Å². The van der Waals surface area contributed by atoms with Gasteiger partial charge in [0.15, 0.2) is 5.82 Å². The van der Waals surface area contributed by atoms with E-state index >= 15 is 0 Å². The van der Waals surface area contributed by atoms with Crippen molar-refractivity contribution in [2.24, 2.45) is 5.92 Å². The van der Waals surface area contributed by atoms with E-state index in [1.807, 2.05) is 4.68 Å². The molecule has 5 heteroatoms. The summed E-state index contributed by atoms with van der Waals surface area (Å²) in [5.74, 6) is 1.78. The van der Waals surface area contributed by atoms with Crippen LogP contribution < -0.4 is 5.32 Å². The molecule has 1 aromatic rings. The first-order chi connectivity index (χ1) is 6.40. The number of nitrogens with one attached hydrogen (secondary N) is 1. The van der Waals surface area contributed by atoms with Gasteiger partial charge in [-0.3, -0.25) is 0 Å². The van der Waals surface area contributed by atoms with Gasteiger partial charge in [0.05, 0.1) is 6.54 Å². The van der Waals surface area contributed by atoms with Gasteiger partial charge < -0.3 is 5.32 Å². The quantitative estimate of drug-likeness (QED) is 0.704. The molecule has 0 unspecified atom stereocenters. The Bertz CT molecular complexity index is 265. The predicted molar refractivity (Wildman–Crippen MR) is 47.9 cm³/mol. The largest absolute Gasteiger partial charge is 0.310 e. The van der Waals surface area contributed by atoms with Crippen LogP contribution in [0.3, 0.4) is 0 Å². The molecular formula is C8H15N5. The van der Waals surface area contributed by atoms with E-state index in [9.17, 15) is 0 Å². The number of rotatable bonds is 5. The van der Waals surface area contributed by atoms with Crippen molar-refractivity contribution in [3.05, 3.63) is 5.82 Å². The lowest BCUT2D eigenvalue weighted by Gasteiger charge is -2.02. The second-order valence-corrected chi connectivity index (χ2v) is 3.50. The number of aromatic nitrogens is 4. The van der Waals surface area contributed by atoms with Crippen molar-refractivity contribution in [2.75, 3.05) is 6.54 Å². The minimum atomic E-state index is 0.774. The topological polar surface area (TPSA) is 55.6 Å². The van der Waals surface area contributed by atoms with Gasteiger partial charge in [-0.1, -0.05) is 6.92 Å². The first-order valence-corrected chi connectivity index (χ1v) is 4.86. The lowest BCUT2D eigenvalue weighted by molar-refractivity contribution is 0.511. The van der Waals surface area contributed by atoms with E-state index in [4.69, 9.17) is 0 Å². The van der Waals surface area contributed by atoms with Crippen molar-refractivity contribution in [3.63, 3.8) is 0 Å². The predicted octanol–water partition coefficient (Wildman–Crippen LogP) is 0.193. The van der Waals surface area contributed by atoms with Gasteiger partial charge in [-0.25, -0.2) is 4.68 Å². The summed E-state index contributed by atoms with van der Waals surface area (Å²) in [7, 11) is 0. The highest BCUT2D eigenvalue weighted by molar-refractivity contribution is 4.83. The Morgan fingerprint density at radius 3 is 3.08 bits per heavy atom. The Balaban J connectivity index is 1.93. The van der Waals surface area contributed by atoms with Gasteiger partial charge in [-0.2, -0.15) is 0 Å². The van der Waals surface area contributed by atoms with Crippen LogP contribution in [0.15, 0.2) is 0 Å². The van der Waals surface area contributed by atoms with Crippen LogP contribution >= 0.6 is 0 Å². The first-order valence-electron chi connectivity index (χ1n) is 4.86. The van der Waals surface area contributed by atoms with E-state index < -0.39 is 0 Å². The molecule has 0 radical (unpaired) electrons. The Kier molecular flexibility index (Phi) is 2.54. The van der Waals surface area contributed by atoms with Crippen molar-refractivity contribution < 1.29 is 0 Å². The minimum absolute atomic E-state index is 0.774. The van der Waals surface area contributed by atoms with Crippen molar-refractivity contribution in [1.29, 1.82) is 0 Å². The van der Waals surface area contributed by atoms with E-state index in [-0.39, 0.29) is 0 Å². The summed E-state index contributed by atoms with van der Waals surface area (Å²) in [6, 6.07) is 0. The zero-order chi connectivity index (χ0) is 9.10. The van der Waals surface area contributed by atoms with E-state index in [0.717, 1.165) is 31.4 Å². The van der Waals surface area contributed by atoms with E-state index in [2.05, 4.69) is 27.8 Å². The summed E-state index contributed by atoms with van der Waals surface area (Å²) in [6.07, 6.45) is 2.67. The van der Waals surface area contributed by atoms with E-state index in [1.165, 1.54) is 12.8 Å². The van der Waals surface area contributed by atoms with Crippen molar-refractivity contribution in [2.45, 2.75) is 32.9 Å². The molecule has 72 valence electrons. The highest BCUT2D eigenvalue weighted by atomic mass is 15.5. The van der Waals surface area contributed by atoms with Crippen molar-refractivity contribution >= 4 is 0 Å². The molecule has 0 aromatic carbocycles. The molecule has 0 aliphatic heterocycles. The van der Waals surface area contributed by atoms with Gasteiger partial charge in [0.25, 0.3) is 0 Å². The fourth-order valence-corrected chi connectivity index (χ4v) is 1.27. The average molecular weight is 181 g/mol. The molecule has 0 atom stereocenters. The van der Waals surface area contributed by atoms with Crippen molar-refractivity contribution in [3.8, 4) is 0 Å². The highest BCUT2D eigenvalue weighted by Crippen LogP contribution is 2.30. The summed E-state index contributed by atoms with van der Waals surface area (Å²) >= 11 is 0. The smallest absolute Gasteiger partial charge is 0.165 e. The number of hydrogen-bond donors (Lipinski definition) is 1. The van der Waals surface area contributed by atoms with Crippen LogP contribution in [0, 0.1) is 5.92 Å². The molecule has 1 aliphatic carbocycles. The van der Waals surface area contributed by atoms with Gasteiger partial charge in [0.2, 0.25) is 0 Å². The SMILES string of the molecule is CCNCc1nnnn1CC1CC1. The van der Waals surface area contributed by atoms with E-state index in [1.54, 1.807) is 0 Å². The molecule has 0 spiro atoms. The molecule has 1 aromatic heterocycles. The third-order valence-corrected chi connectivity index (χ3v) is 2.27. The second kappa shape index (κ2) is 3.83. The fourth-order valence-electron chi connectivity index (χ4n) is 1.27. The molecule has 1 N–H and O–H groups in total. The minimum Gasteiger partial charge on any atom is -0.310 e. The molecule has 1 saturated carbocycles. The van der Waals surface area contributed by atoms with Crippen LogP contribution in [0.25, 0.3) is 0 Å². The maximum absolute atomic E-state index is 3.97. The Morgan fingerprint density at radius 1 is 1.54 bits per heavy atom. The fraction of sp³-hybridized carbons (Fsp3) is 0.875. The normalized spacial score (nSPS) is 16.4. The van der Waals surface area contributed by atoms with Gasteiger partial charge >= 0.3 is 0 Å². The molecule has 1 aliphatic rings. The van der Waals surface area contributed by atoms with Crippen LogP contribution in [0.2, 0.25) is 0 Å². The van der Waals surface area contributed by atoms with Gasteiger partial charge in [0.1, 0.15) is 0 Å². The van der Waals surface area contributed by atoms with Crippen molar-refractivity contribution in [1.82, 2.24) is 25.5 Å². The number of tetrazole rings is 1. The summed E-state index contributed by atoms with van der Waals surface area (Å²) < 4.78 is 1.92. The summed E-state index contributed by atoms with van der Waals surface area (Å²) in [5, 5.41) is 14.8. The molecule has 5 nitrogen and oxygen atoms in total. The standard InChI is InChI=1S/C8H15N5/c1-2-9-5-8-10-11-12-13(8)6-7-3-4-7/h7,9H,2-6H2,1H3. The Hall–Kier alpha value is -0.970. The summed E-state index contributed by atoms with van der Waals surface area (Å²) in [6.45, 7) is 4.80. The third kappa shape index (κ3) is 2.24. The second-order valence-electron chi connectivity index (χ2n) is 3.50. The molecule has 2 rings (SSSR count). The Labute approximate surface area is 77.5 Å². The molecule has 1 heterocycles. The lowest BCUT2D eigenvalue weighted by atomic mass is 10.4. The monoisotopic (exact) mass is 181 g/mol. The lowest BCUT2D eigenvalue weighted by Crippen LogP contribution is -2.17. The van der Waals surface area contributed by atoms with Crippen LogP contribution in [0.4, 0.5) is 0 Å². The van der Waals surface area contributed by atoms with Gasteiger partial charge in [-0.05, 0) is 35.7 Å². The highest BCUT2D eigenvalue weighted by Gasteiger charge is 2.23. The molecule has 0 saturated heterocycles. The van der Waals surface area contributed by atoms with Crippen LogP contribution in [-0.2, 0) is 13.1 Å². The van der Waals surface area contributed by atoms with Gasteiger partial charge in [0, 0.05) is 6.54 Å². The molecule has 1 fully saturated rings.